The maximum absolute atomic E-state index is 12.6. The highest BCUT2D eigenvalue weighted by Crippen LogP contribution is 2.27. The van der Waals surface area contributed by atoms with Crippen molar-refractivity contribution in [2.45, 2.75) is 50.6 Å². The molecule has 31 heavy (non-hydrogen) atoms. The molecule has 162 valence electrons. The van der Waals surface area contributed by atoms with Crippen LogP contribution in [0.5, 0.6) is 0 Å². The van der Waals surface area contributed by atoms with Crippen LogP contribution in [0.4, 0.5) is 0 Å². The van der Waals surface area contributed by atoms with E-state index >= 15 is 0 Å². The van der Waals surface area contributed by atoms with Crippen molar-refractivity contribution in [3.8, 4) is 5.69 Å². The Kier molecular flexibility index (Phi) is 5.93. The molecule has 1 heterocycles. The first-order valence-corrected chi connectivity index (χ1v) is 11.9. The molecule has 2 N–H and O–H groups in total. The normalized spacial score (nSPS) is 13.4. The molecule has 2 aromatic carbocycles. The third-order valence-electron chi connectivity index (χ3n) is 5.25. The van der Waals surface area contributed by atoms with Crippen LogP contribution in [0.3, 0.4) is 0 Å². The van der Waals surface area contributed by atoms with E-state index in [0.717, 1.165) is 30.6 Å². The summed E-state index contributed by atoms with van der Waals surface area (Å²) < 4.78 is 29.0. The van der Waals surface area contributed by atoms with Gasteiger partial charge in [0.1, 0.15) is 0 Å². The third kappa shape index (κ3) is 4.55. The van der Waals surface area contributed by atoms with Gasteiger partial charge in [-0.2, -0.15) is 5.10 Å². The molecule has 0 radical (unpaired) electrons. The molecule has 0 atom stereocenters. The number of hydrogen-bond donors (Lipinski definition) is 2. The van der Waals surface area contributed by atoms with Gasteiger partial charge in [-0.1, -0.05) is 18.2 Å². The number of rotatable bonds is 7. The fraction of sp³-hybridized carbons (Fsp3) is 0.304. The number of carbonyl (C=O) groups excluding carboxylic acids is 1. The van der Waals surface area contributed by atoms with Crippen molar-refractivity contribution in [1.82, 2.24) is 19.8 Å². The van der Waals surface area contributed by atoms with E-state index in [2.05, 4.69) is 10.0 Å². The van der Waals surface area contributed by atoms with E-state index in [0.29, 0.717) is 12.1 Å². The van der Waals surface area contributed by atoms with Gasteiger partial charge in [0.25, 0.3) is 5.91 Å². The number of aromatic nitrogens is 2. The molecule has 1 aliphatic carbocycles. The molecule has 0 bridgehead atoms. The van der Waals surface area contributed by atoms with Crippen LogP contribution in [-0.2, 0) is 29.4 Å². The molecule has 0 saturated heterocycles. The molecule has 0 fully saturated rings. The van der Waals surface area contributed by atoms with E-state index in [1.807, 2.05) is 35.0 Å². The smallest absolute Gasteiger partial charge is 0.251 e. The Balaban J connectivity index is 1.47. The molecule has 1 aromatic heterocycles. The zero-order chi connectivity index (χ0) is 22.0. The molecule has 0 aliphatic heterocycles. The average molecular weight is 439 g/mol. The molecule has 1 amide bonds. The number of nitrogens with one attached hydrogen (secondary N) is 2. The van der Waals surface area contributed by atoms with Crippen LogP contribution in [-0.4, -0.2) is 30.1 Å². The molecule has 3 aromatic rings. The minimum atomic E-state index is -3.58. The van der Waals surface area contributed by atoms with Gasteiger partial charge in [-0.3, -0.25) is 4.79 Å². The Morgan fingerprint density at radius 3 is 2.45 bits per heavy atom. The summed E-state index contributed by atoms with van der Waals surface area (Å²) in [5, 5.41) is 7.68. The van der Waals surface area contributed by atoms with Crippen molar-refractivity contribution >= 4 is 15.9 Å². The highest BCUT2D eigenvalue weighted by Gasteiger charge is 2.23. The van der Waals surface area contributed by atoms with Crippen LogP contribution in [0.2, 0.25) is 0 Å². The topological polar surface area (TPSA) is 93.1 Å². The van der Waals surface area contributed by atoms with E-state index in [1.54, 1.807) is 13.8 Å². The molecule has 0 unspecified atom stereocenters. The minimum absolute atomic E-state index is 0.136. The Hall–Kier alpha value is -2.97. The monoisotopic (exact) mass is 438 g/mol. The molecular formula is C23H26N4O3S. The highest BCUT2D eigenvalue weighted by molar-refractivity contribution is 7.89. The summed E-state index contributed by atoms with van der Waals surface area (Å²) in [4.78, 5) is 12.8. The first kappa shape index (κ1) is 21.3. The number of hydrogen-bond acceptors (Lipinski definition) is 4. The first-order valence-electron chi connectivity index (χ1n) is 10.4. The average Bonchev–Trinajstić information content (AvgIpc) is 3.35. The Labute approximate surface area is 182 Å². The van der Waals surface area contributed by atoms with Crippen LogP contribution >= 0.6 is 0 Å². The van der Waals surface area contributed by atoms with E-state index in [-0.39, 0.29) is 16.8 Å². The maximum atomic E-state index is 12.6. The predicted molar refractivity (Wildman–Crippen MR) is 119 cm³/mol. The van der Waals surface area contributed by atoms with Gasteiger partial charge < -0.3 is 5.32 Å². The van der Waals surface area contributed by atoms with Gasteiger partial charge in [-0.15, -0.1) is 0 Å². The van der Waals surface area contributed by atoms with Crippen molar-refractivity contribution in [3.05, 3.63) is 77.1 Å². The number of benzene rings is 2. The molecule has 1 aliphatic rings. The second-order valence-corrected chi connectivity index (χ2v) is 9.67. The van der Waals surface area contributed by atoms with Crippen LogP contribution < -0.4 is 10.0 Å². The second kappa shape index (κ2) is 8.64. The van der Waals surface area contributed by atoms with Gasteiger partial charge >= 0.3 is 0 Å². The summed E-state index contributed by atoms with van der Waals surface area (Å²) in [7, 11) is -3.58. The molecule has 0 spiro atoms. The minimum Gasteiger partial charge on any atom is -0.346 e. The highest BCUT2D eigenvalue weighted by atomic mass is 32.2. The summed E-state index contributed by atoms with van der Waals surface area (Å²) in [6.45, 7) is 3.85. The van der Waals surface area contributed by atoms with Gasteiger partial charge in [0.2, 0.25) is 10.0 Å². The number of sulfonamides is 1. The van der Waals surface area contributed by atoms with E-state index in [4.69, 9.17) is 5.10 Å². The van der Waals surface area contributed by atoms with E-state index < -0.39 is 10.0 Å². The van der Waals surface area contributed by atoms with Crippen molar-refractivity contribution in [2.24, 2.45) is 0 Å². The summed E-state index contributed by atoms with van der Waals surface area (Å²) in [5.74, 6) is -0.262. The second-order valence-electron chi connectivity index (χ2n) is 7.96. The lowest BCUT2D eigenvalue weighted by Crippen LogP contribution is -2.30. The fourth-order valence-electron chi connectivity index (χ4n) is 3.87. The maximum Gasteiger partial charge on any atom is 0.251 e. The SMILES string of the molecule is CC(C)NS(=O)(=O)c1ccc(C(=O)NCc2nn(-c3ccccc3)c3c2CCC3)cc1. The van der Waals surface area contributed by atoms with Crippen molar-refractivity contribution in [2.75, 3.05) is 0 Å². The van der Waals surface area contributed by atoms with Crippen molar-refractivity contribution in [1.29, 1.82) is 0 Å². The van der Waals surface area contributed by atoms with E-state index in [9.17, 15) is 13.2 Å². The first-order chi connectivity index (χ1) is 14.8. The molecule has 4 rings (SSSR count). The van der Waals surface area contributed by atoms with Gasteiger partial charge in [0, 0.05) is 17.3 Å². The standard InChI is InChI=1S/C23H26N4O3S/c1-16(2)26-31(29,30)19-13-11-17(12-14-19)23(28)24-15-21-20-9-6-10-22(20)27(25-21)18-7-4-3-5-8-18/h3-5,7-8,11-14,16,26H,6,9-10,15H2,1-2H3,(H,24,28). The number of para-hydroxylation sites is 1. The summed E-state index contributed by atoms with van der Waals surface area (Å²) in [6, 6.07) is 15.7. The number of amides is 1. The summed E-state index contributed by atoms with van der Waals surface area (Å²) in [5.41, 5.74) is 4.73. The van der Waals surface area contributed by atoms with E-state index in [1.165, 1.54) is 35.5 Å². The van der Waals surface area contributed by atoms with Gasteiger partial charge in [0.15, 0.2) is 0 Å². The molecule has 7 nitrogen and oxygen atoms in total. The Bertz CT molecular complexity index is 1180. The number of carbonyl (C=O) groups is 1. The van der Waals surface area contributed by atoms with Gasteiger partial charge in [-0.25, -0.2) is 17.8 Å². The largest absolute Gasteiger partial charge is 0.346 e. The Morgan fingerprint density at radius 2 is 1.77 bits per heavy atom. The van der Waals surface area contributed by atoms with Gasteiger partial charge in [0.05, 0.1) is 22.8 Å². The number of nitrogens with zero attached hydrogens (tertiary/aromatic N) is 2. The quantitative estimate of drug-likeness (QED) is 0.593. The van der Waals surface area contributed by atoms with Gasteiger partial charge in [-0.05, 0) is 75.1 Å². The summed E-state index contributed by atoms with van der Waals surface area (Å²) in [6.07, 6.45) is 3.02. The molecule has 8 heteroatoms. The summed E-state index contributed by atoms with van der Waals surface area (Å²) >= 11 is 0. The lowest BCUT2D eigenvalue weighted by Gasteiger charge is -2.10. The zero-order valence-corrected chi connectivity index (χ0v) is 18.4. The molecule has 0 saturated carbocycles. The fourth-order valence-corrected chi connectivity index (χ4v) is 5.12. The van der Waals surface area contributed by atoms with Crippen molar-refractivity contribution in [3.63, 3.8) is 0 Å². The van der Waals surface area contributed by atoms with Crippen LogP contribution in [0.25, 0.3) is 5.69 Å². The lowest BCUT2D eigenvalue weighted by atomic mass is 10.2. The lowest BCUT2D eigenvalue weighted by molar-refractivity contribution is 0.0950. The zero-order valence-electron chi connectivity index (χ0n) is 17.6. The Morgan fingerprint density at radius 1 is 1.06 bits per heavy atom. The number of fused-ring (bicyclic) bond motifs is 1. The van der Waals surface area contributed by atoms with Crippen molar-refractivity contribution < 1.29 is 13.2 Å². The predicted octanol–water partition coefficient (Wildman–Crippen LogP) is 2.98. The van der Waals surface area contributed by atoms with Crippen LogP contribution in [0, 0.1) is 0 Å². The van der Waals surface area contributed by atoms with Crippen LogP contribution in [0.1, 0.15) is 47.6 Å². The third-order valence-corrected chi connectivity index (χ3v) is 6.92. The molecular weight excluding hydrogens is 412 g/mol. The van der Waals surface area contributed by atoms with Crippen LogP contribution in [0.15, 0.2) is 59.5 Å².